The molecule has 1 N–H and O–H groups in total. The van der Waals surface area contributed by atoms with Crippen molar-refractivity contribution in [1.29, 1.82) is 0 Å². The van der Waals surface area contributed by atoms with Crippen molar-refractivity contribution >= 4 is 17.2 Å². The van der Waals surface area contributed by atoms with Crippen molar-refractivity contribution < 1.29 is 22.7 Å². The van der Waals surface area contributed by atoms with E-state index < -0.39 is 6.36 Å². The van der Waals surface area contributed by atoms with Crippen molar-refractivity contribution in [1.82, 2.24) is 15.2 Å². The van der Waals surface area contributed by atoms with E-state index in [4.69, 9.17) is 0 Å². The highest BCUT2D eigenvalue weighted by atomic mass is 32.1. The number of likely N-dealkylation sites (tertiary alicyclic amines) is 1. The first kappa shape index (κ1) is 21.6. The molecule has 1 aromatic heterocycles. The lowest BCUT2D eigenvalue weighted by molar-refractivity contribution is -0.274. The van der Waals surface area contributed by atoms with Crippen LogP contribution >= 0.6 is 11.3 Å². The second-order valence-electron chi connectivity index (χ2n) is 7.02. The van der Waals surface area contributed by atoms with Crippen LogP contribution in [0, 0.1) is 6.92 Å². The van der Waals surface area contributed by atoms with Crippen LogP contribution in [0.25, 0.3) is 10.6 Å². The maximum absolute atomic E-state index is 12.4. The number of carbonyl (C=O) groups excluding carboxylic acids is 1. The molecule has 2 aromatic rings. The number of unbranched alkanes of at least 4 members (excludes halogenated alkanes) is 1. The summed E-state index contributed by atoms with van der Waals surface area (Å²) in [7, 11) is 0. The largest absolute Gasteiger partial charge is 0.573 e. The van der Waals surface area contributed by atoms with Crippen molar-refractivity contribution in [3.63, 3.8) is 0 Å². The highest BCUT2D eigenvalue weighted by molar-refractivity contribution is 7.17. The summed E-state index contributed by atoms with van der Waals surface area (Å²) in [4.78, 5) is 19.8. The highest BCUT2D eigenvalue weighted by Gasteiger charge is 2.31. The maximum Gasteiger partial charge on any atom is 0.573 e. The molecule has 0 saturated carbocycles. The zero-order valence-electron chi connectivity index (χ0n) is 16.2. The van der Waals surface area contributed by atoms with Gasteiger partial charge in [0.2, 0.25) is 0 Å². The molecular formula is C20H24F3N3O2S. The molecule has 158 valence electrons. The molecule has 1 aromatic carbocycles. The molecular weight excluding hydrogens is 403 g/mol. The van der Waals surface area contributed by atoms with Gasteiger partial charge in [0.15, 0.2) is 0 Å². The van der Waals surface area contributed by atoms with Crippen LogP contribution in [0.3, 0.4) is 0 Å². The third-order valence-electron chi connectivity index (χ3n) is 4.72. The number of thiazole rings is 1. The van der Waals surface area contributed by atoms with Gasteiger partial charge in [-0.25, -0.2) is 4.98 Å². The predicted molar refractivity (Wildman–Crippen MR) is 106 cm³/mol. The standard InChI is InChI=1S/C20H24F3N3O2S/c1-14-17(18(27)24-10-2-3-11-26-12-4-5-13-26)29-19(25-14)15-6-8-16(9-7-15)28-20(21,22)23/h6-9H,2-5,10-13H2,1H3,(H,24,27). The number of nitrogens with one attached hydrogen (secondary N) is 1. The number of benzene rings is 1. The van der Waals surface area contributed by atoms with Crippen LogP contribution in [-0.2, 0) is 0 Å². The Morgan fingerprint density at radius 3 is 2.55 bits per heavy atom. The summed E-state index contributed by atoms with van der Waals surface area (Å²) in [6.07, 6.45) is -0.185. The Labute approximate surface area is 171 Å². The summed E-state index contributed by atoms with van der Waals surface area (Å²) >= 11 is 1.23. The van der Waals surface area contributed by atoms with Gasteiger partial charge in [0.25, 0.3) is 5.91 Å². The average Bonchev–Trinajstić information content (AvgIpc) is 3.30. The van der Waals surface area contributed by atoms with E-state index in [1.165, 1.54) is 61.5 Å². The second kappa shape index (κ2) is 9.58. The van der Waals surface area contributed by atoms with Crippen LogP contribution < -0.4 is 10.1 Å². The number of amides is 1. The van der Waals surface area contributed by atoms with E-state index in [-0.39, 0.29) is 11.7 Å². The van der Waals surface area contributed by atoms with Crippen LogP contribution in [0.5, 0.6) is 5.75 Å². The summed E-state index contributed by atoms with van der Waals surface area (Å²) in [6.45, 7) is 5.80. The van der Waals surface area contributed by atoms with Gasteiger partial charge in [-0.3, -0.25) is 4.79 Å². The smallest absolute Gasteiger partial charge is 0.406 e. The Kier molecular flexibility index (Phi) is 7.13. The van der Waals surface area contributed by atoms with Crippen molar-refractivity contribution in [2.45, 2.75) is 39.0 Å². The van der Waals surface area contributed by atoms with Gasteiger partial charge in [-0.1, -0.05) is 0 Å². The zero-order chi connectivity index (χ0) is 20.9. The molecule has 1 amide bonds. The summed E-state index contributed by atoms with van der Waals surface area (Å²) in [5, 5.41) is 3.52. The first-order chi connectivity index (χ1) is 13.8. The SMILES string of the molecule is Cc1nc(-c2ccc(OC(F)(F)F)cc2)sc1C(=O)NCCCCN1CCCC1. The molecule has 2 heterocycles. The molecule has 0 radical (unpaired) electrons. The number of aromatic nitrogens is 1. The number of carbonyl (C=O) groups is 1. The lowest BCUT2D eigenvalue weighted by atomic mass is 10.2. The highest BCUT2D eigenvalue weighted by Crippen LogP contribution is 2.30. The fraction of sp³-hybridized carbons (Fsp3) is 0.500. The summed E-state index contributed by atoms with van der Waals surface area (Å²) < 4.78 is 40.6. The molecule has 0 bridgehead atoms. The summed E-state index contributed by atoms with van der Waals surface area (Å²) in [5.74, 6) is -0.453. The number of aryl methyl sites for hydroxylation is 1. The number of hydrogen-bond donors (Lipinski definition) is 1. The summed E-state index contributed by atoms with van der Waals surface area (Å²) in [6, 6.07) is 5.47. The van der Waals surface area contributed by atoms with Gasteiger partial charge in [-0.15, -0.1) is 24.5 Å². The van der Waals surface area contributed by atoms with E-state index in [1.54, 1.807) is 6.92 Å². The molecule has 3 rings (SSSR count). The molecule has 1 saturated heterocycles. The van der Waals surface area contributed by atoms with Crippen LogP contribution in [0.15, 0.2) is 24.3 Å². The minimum Gasteiger partial charge on any atom is -0.406 e. The Balaban J connectivity index is 1.51. The van der Waals surface area contributed by atoms with Gasteiger partial charge in [-0.05, 0) is 76.5 Å². The lowest BCUT2D eigenvalue weighted by Gasteiger charge is -2.13. The molecule has 0 unspecified atom stereocenters. The predicted octanol–water partition coefficient (Wildman–Crippen LogP) is 4.62. The normalized spacial score (nSPS) is 14.9. The van der Waals surface area contributed by atoms with E-state index in [9.17, 15) is 18.0 Å². The Hall–Kier alpha value is -2.13. The molecule has 9 heteroatoms. The molecule has 29 heavy (non-hydrogen) atoms. The number of nitrogens with zero attached hydrogens (tertiary/aromatic N) is 2. The zero-order valence-corrected chi connectivity index (χ0v) is 17.0. The molecule has 0 aliphatic carbocycles. The quantitative estimate of drug-likeness (QED) is 0.625. The van der Waals surface area contributed by atoms with Crippen LogP contribution in [-0.4, -0.2) is 48.3 Å². The van der Waals surface area contributed by atoms with Crippen LogP contribution in [0.1, 0.15) is 41.0 Å². The van der Waals surface area contributed by atoms with Crippen molar-refractivity contribution in [2.75, 3.05) is 26.2 Å². The van der Waals surface area contributed by atoms with Gasteiger partial charge >= 0.3 is 6.36 Å². The molecule has 0 spiro atoms. The van der Waals surface area contributed by atoms with E-state index >= 15 is 0 Å². The minimum atomic E-state index is -4.72. The van der Waals surface area contributed by atoms with Crippen molar-refractivity contribution in [3.05, 3.63) is 34.8 Å². The second-order valence-corrected chi connectivity index (χ2v) is 8.02. The molecule has 1 aliphatic rings. The third-order valence-corrected chi connectivity index (χ3v) is 5.93. The monoisotopic (exact) mass is 427 g/mol. The lowest BCUT2D eigenvalue weighted by Crippen LogP contribution is -2.26. The van der Waals surface area contributed by atoms with Crippen molar-refractivity contribution in [2.24, 2.45) is 0 Å². The average molecular weight is 427 g/mol. The van der Waals surface area contributed by atoms with E-state index in [2.05, 4.69) is 19.9 Å². The Morgan fingerprint density at radius 1 is 1.21 bits per heavy atom. The van der Waals surface area contributed by atoms with E-state index in [0.717, 1.165) is 19.4 Å². The van der Waals surface area contributed by atoms with Crippen LogP contribution in [0.4, 0.5) is 13.2 Å². The number of rotatable bonds is 8. The molecule has 5 nitrogen and oxygen atoms in total. The number of halogens is 3. The number of hydrogen-bond acceptors (Lipinski definition) is 5. The fourth-order valence-electron chi connectivity index (χ4n) is 3.28. The first-order valence-electron chi connectivity index (χ1n) is 9.66. The van der Waals surface area contributed by atoms with Gasteiger partial charge in [0.05, 0.1) is 5.69 Å². The van der Waals surface area contributed by atoms with Gasteiger partial charge in [0.1, 0.15) is 15.6 Å². The molecule has 1 fully saturated rings. The third kappa shape index (κ3) is 6.43. The van der Waals surface area contributed by atoms with Gasteiger partial charge in [0, 0.05) is 12.1 Å². The Morgan fingerprint density at radius 2 is 1.90 bits per heavy atom. The summed E-state index contributed by atoms with van der Waals surface area (Å²) in [5.41, 5.74) is 1.24. The van der Waals surface area contributed by atoms with E-state index in [0.29, 0.717) is 27.7 Å². The topological polar surface area (TPSA) is 54.5 Å². The van der Waals surface area contributed by atoms with Gasteiger partial charge in [-0.2, -0.15) is 0 Å². The van der Waals surface area contributed by atoms with Crippen LogP contribution in [0.2, 0.25) is 0 Å². The molecule has 0 atom stereocenters. The van der Waals surface area contributed by atoms with Gasteiger partial charge < -0.3 is 15.0 Å². The minimum absolute atomic E-state index is 0.163. The Bertz CT molecular complexity index is 815. The van der Waals surface area contributed by atoms with Crippen molar-refractivity contribution in [3.8, 4) is 16.3 Å². The van der Waals surface area contributed by atoms with E-state index in [1.807, 2.05) is 0 Å². The fourth-order valence-corrected chi connectivity index (χ4v) is 4.27. The number of alkyl halides is 3. The number of ether oxygens (including phenoxy) is 1. The first-order valence-corrected chi connectivity index (χ1v) is 10.5. The maximum atomic E-state index is 12.4. The molecule has 1 aliphatic heterocycles.